The highest BCUT2D eigenvalue weighted by atomic mass is 32.1. The van der Waals surface area contributed by atoms with Crippen molar-refractivity contribution in [3.05, 3.63) is 70.0 Å². The van der Waals surface area contributed by atoms with Gasteiger partial charge in [-0.1, -0.05) is 35.6 Å². The molecule has 0 aliphatic carbocycles. The summed E-state index contributed by atoms with van der Waals surface area (Å²) < 4.78 is 1.000. The molecule has 0 spiro atoms. The minimum atomic E-state index is -0.415. The van der Waals surface area contributed by atoms with Crippen LogP contribution in [0.2, 0.25) is 0 Å². The first-order valence-corrected chi connectivity index (χ1v) is 11.5. The smallest absolute Gasteiger partial charge is 0.353 e. The lowest BCUT2D eigenvalue weighted by molar-refractivity contribution is -0.383. The molecule has 2 aromatic heterocycles. The number of anilines is 4. The van der Waals surface area contributed by atoms with Crippen molar-refractivity contribution in [1.82, 2.24) is 15.0 Å². The summed E-state index contributed by atoms with van der Waals surface area (Å²) >= 11 is 1.43. The zero-order valence-electron chi connectivity index (χ0n) is 18.4. The number of aryl methyl sites for hydroxylation is 1. The van der Waals surface area contributed by atoms with Crippen molar-refractivity contribution in [2.24, 2.45) is 0 Å². The molecule has 1 fully saturated rings. The van der Waals surface area contributed by atoms with Crippen LogP contribution in [-0.2, 0) is 0 Å². The monoisotopic (exact) mass is 461 g/mol. The van der Waals surface area contributed by atoms with Crippen molar-refractivity contribution >= 4 is 49.7 Å². The molecular formula is C23H23N7O2S. The van der Waals surface area contributed by atoms with Gasteiger partial charge in [0, 0.05) is 31.9 Å². The van der Waals surface area contributed by atoms with E-state index in [1.165, 1.54) is 34.5 Å². The molecule has 0 unspecified atom stereocenters. The normalized spacial score (nSPS) is 14.0. The first-order valence-electron chi connectivity index (χ1n) is 10.7. The first kappa shape index (κ1) is 21.1. The molecule has 10 heteroatoms. The van der Waals surface area contributed by atoms with Crippen molar-refractivity contribution in [2.45, 2.75) is 13.8 Å². The standard InChI is InChI=1S/C23H23N7O2S/c1-15-6-5-8-18(16(15)2)28-10-12-29(13-11-28)22-20(30(31)32)21(24-14-25-22)27-23-26-17-7-3-4-9-19(17)33-23/h3-9,14H,10-13H2,1-2H3,(H,24,25,26,27). The Morgan fingerprint density at radius 3 is 2.52 bits per heavy atom. The number of piperazine rings is 1. The number of nitrogens with zero attached hydrogens (tertiary/aromatic N) is 6. The van der Waals surface area contributed by atoms with Crippen molar-refractivity contribution < 1.29 is 4.92 Å². The summed E-state index contributed by atoms with van der Waals surface area (Å²) in [6.45, 7) is 7.02. The van der Waals surface area contributed by atoms with Crippen molar-refractivity contribution in [2.75, 3.05) is 41.3 Å². The Kier molecular flexibility index (Phi) is 5.51. The summed E-state index contributed by atoms with van der Waals surface area (Å²) in [5.74, 6) is 0.486. The van der Waals surface area contributed by atoms with E-state index in [-0.39, 0.29) is 11.5 Å². The SMILES string of the molecule is Cc1cccc(N2CCN(c3ncnc(Nc4nc5ccccc5s4)c3[N+](=O)[O-])CC2)c1C. The highest BCUT2D eigenvalue weighted by molar-refractivity contribution is 7.22. The Labute approximate surface area is 194 Å². The van der Waals surface area contributed by atoms with E-state index in [1.54, 1.807) is 0 Å². The van der Waals surface area contributed by atoms with E-state index in [0.29, 0.717) is 24.0 Å². The van der Waals surface area contributed by atoms with Gasteiger partial charge in [-0.25, -0.2) is 15.0 Å². The molecular weight excluding hydrogens is 438 g/mol. The van der Waals surface area contributed by atoms with Gasteiger partial charge in [-0.05, 0) is 43.2 Å². The maximum atomic E-state index is 12.0. The Hall–Kier alpha value is -3.79. The average Bonchev–Trinajstić information content (AvgIpc) is 3.23. The molecule has 1 aliphatic rings. The summed E-state index contributed by atoms with van der Waals surface area (Å²) in [5.41, 5.74) is 4.44. The van der Waals surface area contributed by atoms with Gasteiger partial charge in [0.25, 0.3) is 0 Å². The van der Waals surface area contributed by atoms with Crippen LogP contribution in [0.15, 0.2) is 48.8 Å². The van der Waals surface area contributed by atoms with Gasteiger partial charge in [0.15, 0.2) is 5.13 Å². The maximum absolute atomic E-state index is 12.0. The fourth-order valence-corrected chi connectivity index (χ4v) is 4.99. The van der Waals surface area contributed by atoms with Gasteiger partial charge in [0.1, 0.15) is 6.33 Å². The summed E-state index contributed by atoms with van der Waals surface area (Å²) in [5, 5.41) is 15.7. The largest absolute Gasteiger partial charge is 0.368 e. The van der Waals surface area contributed by atoms with Gasteiger partial charge < -0.3 is 15.1 Å². The van der Waals surface area contributed by atoms with Gasteiger partial charge in [-0.2, -0.15) is 0 Å². The topological polar surface area (TPSA) is 100 Å². The second kappa shape index (κ2) is 8.62. The van der Waals surface area contributed by atoms with E-state index >= 15 is 0 Å². The molecule has 1 N–H and O–H groups in total. The fraction of sp³-hybridized carbons (Fsp3) is 0.261. The fourth-order valence-electron chi connectivity index (χ4n) is 4.12. The number of aromatic nitrogens is 3. The Balaban J connectivity index is 1.39. The molecule has 0 bridgehead atoms. The predicted molar refractivity (Wildman–Crippen MR) is 132 cm³/mol. The molecule has 0 saturated carbocycles. The molecule has 5 rings (SSSR count). The quantitative estimate of drug-likeness (QED) is 0.338. The lowest BCUT2D eigenvalue weighted by Crippen LogP contribution is -2.47. The molecule has 168 valence electrons. The summed E-state index contributed by atoms with van der Waals surface area (Å²) in [6.07, 6.45) is 1.37. The van der Waals surface area contributed by atoms with E-state index in [1.807, 2.05) is 29.2 Å². The number of rotatable bonds is 5. The second-order valence-electron chi connectivity index (χ2n) is 7.96. The van der Waals surface area contributed by atoms with Crippen LogP contribution in [-0.4, -0.2) is 46.1 Å². The predicted octanol–water partition coefficient (Wildman–Crippen LogP) is 4.68. The number of nitrogens with one attached hydrogen (secondary N) is 1. The lowest BCUT2D eigenvalue weighted by Gasteiger charge is -2.37. The molecule has 9 nitrogen and oxygen atoms in total. The van der Waals surface area contributed by atoms with Crippen molar-refractivity contribution in [1.29, 1.82) is 0 Å². The van der Waals surface area contributed by atoms with Crippen molar-refractivity contribution in [3.8, 4) is 0 Å². The Morgan fingerprint density at radius 2 is 1.76 bits per heavy atom. The number of benzene rings is 2. The second-order valence-corrected chi connectivity index (χ2v) is 8.99. The highest BCUT2D eigenvalue weighted by Crippen LogP contribution is 2.36. The van der Waals surface area contributed by atoms with Gasteiger partial charge in [-0.15, -0.1) is 0 Å². The van der Waals surface area contributed by atoms with Crippen LogP contribution in [0, 0.1) is 24.0 Å². The number of hydrogen-bond acceptors (Lipinski definition) is 9. The summed E-state index contributed by atoms with van der Waals surface area (Å²) in [6, 6.07) is 14.0. The number of fused-ring (bicyclic) bond motifs is 1. The van der Waals surface area contributed by atoms with Crippen LogP contribution in [0.4, 0.5) is 28.1 Å². The van der Waals surface area contributed by atoms with Crippen LogP contribution >= 0.6 is 11.3 Å². The van der Waals surface area contributed by atoms with Crippen LogP contribution in [0.25, 0.3) is 10.2 Å². The molecule has 0 radical (unpaired) electrons. The van der Waals surface area contributed by atoms with E-state index in [0.717, 1.165) is 23.3 Å². The van der Waals surface area contributed by atoms with E-state index < -0.39 is 4.92 Å². The Morgan fingerprint density at radius 1 is 1.00 bits per heavy atom. The Bertz CT molecular complexity index is 1300. The van der Waals surface area contributed by atoms with E-state index in [4.69, 9.17) is 0 Å². The summed E-state index contributed by atoms with van der Waals surface area (Å²) in [7, 11) is 0. The molecule has 0 amide bonds. The van der Waals surface area contributed by atoms with Gasteiger partial charge in [0.05, 0.1) is 15.1 Å². The number of para-hydroxylation sites is 1. The molecule has 1 saturated heterocycles. The third-order valence-corrected chi connectivity index (χ3v) is 6.95. The first-order chi connectivity index (χ1) is 16.0. The van der Waals surface area contributed by atoms with Crippen LogP contribution in [0.1, 0.15) is 11.1 Å². The highest BCUT2D eigenvalue weighted by Gasteiger charge is 2.30. The molecule has 1 aliphatic heterocycles. The maximum Gasteiger partial charge on any atom is 0.353 e. The molecule has 2 aromatic carbocycles. The van der Waals surface area contributed by atoms with Crippen LogP contribution < -0.4 is 15.1 Å². The van der Waals surface area contributed by atoms with Crippen molar-refractivity contribution in [3.63, 3.8) is 0 Å². The molecule has 33 heavy (non-hydrogen) atoms. The summed E-state index contributed by atoms with van der Waals surface area (Å²) in [4.78, 5) is 28.9. The van der Waals surface area contributed by atoms with Crippen LogP contribution in [0.3, 0.4) is 0 Å². The molecule has 4 aromatic rings. The van der Waals surface area contributed by atoms with Crippen LogP contribution in [0.5, 0.6) is 0 Å². The molecule has 3 heterocycles. The zero-order valence-corrected chi connectivity index (χ0v) is 19.2. The van der Waals surface area contributed by atoms with E-state index in [9.17, 15) is 10.1 Å². The number of nitro groups is 1. The average molecular weight is 462 g/mol. The van der Waals surface area contributed by atoms with E-state index in [2.05, 4.69) is 57.2 Å². The molecule has 0 atom stereocenters. The number of thiazole rings is 1. The minimum absolute atomic E-state index is 0.128. The third kappa shape index (κ3) is 4.05. The lowest BCUT2D eigenvalue weighted by atomic mass is 10.1. The van der Waals surface area contributed by atoms with Gasteiger partial charge >= 0.3 is 5.69 Å². The number of hydrogen-bond donors (Lipinski definition) is 1. The third-order valence-electron chi connectivity index (χ3n) is 6.00. The van der Waals surface area contributed by atoms with Gasteiger partial charge in [-0.3, -0.25) is 10.1 Å². The van der Waals surface area contributed by atoms with Gasteiger partial charge in [0.2, 0.25) is 11.6 Å². The zero-order chi connectivity index (χ0) is 22.9. The minimum Gasteiger partial charge on any atom is -0.368 e.